The number of rotatable bonds is 7. The summed E-state index contributed by atoms with van der Waals surface area (Å²) in [6, 6.07) is 17.8. The second kappa shape index (κ2) is 10.4. The normalized spacial score (nSPS) is 11.5. The number of hydrogen-bond acceptors (Lipinski definition) is 5. The second-order valence-electron chi connectivity index (χ2n) is 5.89. The quantitative estimate of drug-likeness (QED) is 0.562. The zero-order valence-electron chi connectivity index (χ0n) is 15.3. The Bertz CT molecular complexity index is 769. The second-order valence-corrected chi connectivity index (χ2v) is 6.30. The van der Waals surface area contributed by atoms with Gasteiger partial charge in [-0.25, -0.2) is 4.79 Å². The van der Waals surface area contributed by atoms with E-state index in [4.69, 9.17) is 17.0 Å². The minimum atomic E-state index is -0.509. The average molecular weight is 385 g/mol. The van der Waals surface area contributed by atoms with Gasteiger partial charge in [0, 0.05) is 18.7 Å². The molecule has 0 unspecified atom stereocenters. The van der Waals surface area contributed by atoms with Crippen molar-refractivity contribution in [2.75, 3.05) is 27.2 Å². The zero-order chi connectivity index (χ0) is 19.6. The first kappa shape index (κ1) is 20.5. The van der Waals surface area contributed by atoms with Gasteiger partial charge in [-0.3, -0.25) is 15.0 Å². The summed E-state index contributed by atoms with van der Waals surface area (Å²) in [7, 11) is 3.21. The largest absolute Gasteiger partial charge is 0.468 e. The molecular formula is C20H23N3O3S. The fourth-order valence-electron chi connectivity index (χ4n) is 2.60. The third-order valence-electron chi connectivity index (χ3n) is 3.99. The first-order valence-electron chi connectivity index (χ1n) is 8.50. The summed E-state index contributed by atoms with van der Waals surface area (Å²) in [5.74, 6) is -0.596. The molecule has 27 heavy (non-hydrogen) atoms. The van der Waals surface area contributed by atoms with Crippen LogP contribution in [0.1, 0.15) is 22.0 Å². The predicted octanol–water partition coefficient (Wildman–Crippen LogP) is 2.14. The monoisotopic (exact) mass is 385 g/mol. The van der Waals surface area contributed by atoms with Gasteiger partial charge in [0.1, 0.15) is 6.04 Å². The maximum atomic E-state index is 12.2. The number of carbonyl (C=O) groups excluding carboxylic acids is 2. The molecule has 0 aliphatic rings. The first-order chi connectivity index (χ1) is 13.0. The van der Waals surface area contributed by atoms with Crippen molar-refractivity contribution in [1.82, 2.24) is 15.5 Å². The Morgan fingerprint density at radius 2 is 1.67 bits per heavy atom. The number of benzene rings is 2. The SMILES string of the molecule is COC(=O)[C@@H](c1ccccc1)N(C)CCNC(=S)NC(=O)c1ccccc1. The minimum Gasteiger partial charge on any atom is -0.468 e. The highest BCUT2D eigenvalue weighted by atomic mass is 32.1. The van der Waals surface area contributed by atoms with E-state index >= 15 is 0 Å². The van der Waals surface area contributed by atoms with Crippen LogP contribution >= 0.6 is 12.2 Å². The summed E-state index contributed by atoms with van der Waals surface area (Å²) in [5.41, 5.74) is 1.39. The van der Waals surface area contributed by atoms with E-state index < -0.39 is 6.04 Å². The molecule has 2 rings (SSSR count). The number of likely N-dealkylation sites (N-methyl/N-ethyl adjacent to an activating group) is 1. The molecule has 0 fully saturated rings. The Morgan fingerprint density at radius 3 is 2.26 bits per heavy atom. The molecule has 0 heterocycles. The molecule has 0 saturated heterocycles. The summed E-state index contributed by atoms with van der Waals surface area (Å²) in [6.07, 6.45) is 0. The number of hydrogen-bond donors (Lipinski definition) is 2. The van der Waals surface area contributed by atoms with Crippen molar-refractivity contribution in [2.24, 2.45) is 0 Å². The topological polar surface area (TPSA) is 70.7 Å². The van der Waals surface area contributed by atoms with Crippen LogP contribution in [0.4, 0.5) is 0 Å². The number of carbonyl (C=O) groups is 2. The van der Waals surface area contributed by atoms with E-state index in [9.17, 15) is 9.59 Å². The standard InChI is InChI=1S/C20H23N3O3S/c1-23(17(19(25)26-2)15-9-5-3-6-10-15)14-13-21-20(27)22-18(24)16-11-7-4-8-12-16/h3-12,17H,13-14H2,1-2H3,(H2,21,22,24,27)/t17-/m1/s1. The molecular weight excluding hydrogens is 362 g/mol. The maximum Gasteiger partial charge on any atom is 0.327 e. The van der Waals surface area contributed by atoms with Crippen LogP contribution < -0.4 is 10.6 Å². The van der Waals surface area contributed by atoms with E-state index in [1.807, 2.05) is 48.3 Å². The van der Waals surface area contributed by atoms with E-state index in [0.29, 0.717) is 18.7 Å². The number of methoxy groups -OCH3 is 1. The number of amides is 1. The molecule has 2 aromatic carbocycles. The molecule has 0 radical (unpaired) electrons. The molecule has 0 aromatic heterocycles. The molecule has 1 amide bonds. The molecule has 0 saturated carbocycles. The van der Waals surface area contributed by atoms with Gasteiger partial charge in [-0.2, -0.15) is 0 Å². The van der Waals surface area contributed by atoms with Crippen LogP contribution in [0, 0.1) is 0 Å². The van der Waals surface area contributed by atoms with Gasteiger partial charge in [0.15, 0.2) is 5.11 Å². The van der Waals surface area contributed by atoms with Crippen molar-refractivity contribution in [3.8, 4) is 0 Å². The highest BCUT2D eigenvalue weighted by Gasteiger charge is 2.25. The lowest BCUT2D eigenvalue weighted by atomic mass is 10.1. The predicted molar refractivity (Wildman–Crippen MR) is 108 cm³/mol. The Balaban J connectivity index is 1.86. The van der Waals surface area contributed by atoms with Crippen molar-refractivity contribution < 1.29 is 14.3 Å². The van der Waals surface area contributed by atoms with Crippen LogP contribution in [0.25, 0.3) is 0 Å². The molecule has 2 aromatic rings. The van der Waals surface area contributed by atoms with E-state index in [1.165, 1.54) is 7.11 Å². The van der Waals surface area contributed by atoms with Crippen molar-refractivity contribution in [3.05, 3.63) is 71.8 Å². The third kappa shape index (κ3) is 6.16. The van der Waals surface area contributed by atoms with Crippen molar-refractivity contribution in [3.63, 3.8) is 0 Å². The third-order valence-corrected chi connectivity index (χ3v) is 4.24. The van der Waals surface area contributed by atoms with Crippen molar-refractivity contribution in [1.29, 1.82) is 0 Å². The van der Waals surface area contributed by atoms with Crippen LogP contribution in [-0.4, -0.2) is 49.1 Å². The van der Waals surface area contributed by atoms with E-state index in [0.717, 1.165) is 5.56 Å². The Labute approximate surface area is 164 Å². The van der Waals surface area contributed by atoms with Crippen molar-refractivity contribution in [2.45, 2.75) is 6.04 Å². The summed E-state index contributed by atoms with van der Waals surface area (Å²) in [5, 5.41) is 5.86. The lowest BCUT2D eigenvalue weighted by molar-refractivity contribution is -0.146. The van der Waals surface area contributed by atoms with E-state index in [1.54, 1.807) is 24.3 Å². The Morgan fingerprint density at radius 1 is 1.07 bits per heavy atom. The van der Waals surface area contributed by atoms with Gasteiger partial charge >= 0.3 is 5.97 Å². The highest BCUT2D eigenvalue weighted by Crippen LogP contribution is 2.20. The van der Waals surface area contributed by atoms with Crippen molar-refractivity contribution >= 4 is 29.2 Å². The zero-order valence-corrected chi connectivity index (χ0v) is 16.2. The van der Waals surface area contributed by atoms with Crippen LogP contribution in [0.2, 0.25) is 0 Å². The Kier molecular flexibility index (Phi) is 7.91. The lowest BCUT2D eigenvalue weighted by Crippen LogP contribution is -2.43. The lowest BCUT2D eigenvalue weighted by Gasteiger charge is -2.26. The van der Waals surface area contributed by atoms with Gasteiger partial charge < -0.3 is 10.1 Å². The molecule has 7 heteroatoms. The molecule has 2 N–H and O–H groups in total. The van der Waals surface area contributed by atoms with E-state index in [-0.39, 0.29) is 17.0 Å². The molecule has 0 spiro atoms. The fraction of sp³-hybridized carbons (Fsp3) is 0.250. The fourth-order valence-corrected chi connectivity index (χ4v) is 2.80. The Hall–Kier alpha value is -2.77. The molecule has 0 bridgehead atoms. The summed E-state index contributed by atoms with van der Waals surface area (Å²) in [4.78, 5) is 26.1. The molecule has 6 nitrogen and oxygen atoms in total. The molecule has 0 aliphatic carbocycles. The summed E-state index contributed by atoms with van der Waals surface area (Å²) < 4.78 is 4.93. The maximum absolute atomic E-state index is 12.2. The number of esters is 1. The van der Waals surface area contributed by atoms with E-state index in [2.05, 4.69) is 10.6 Å². The summed E-state index contributed by atoms with van der Waals surface area (Å²) >= 11 is 5.16. The number of thiocarbonyl (C=S) groups is 1. The van der Waals surface area contributed by atoms with Gasteiger partial charge in [0.2, 0.25) is 0 Å². The van der Waals surface area contributed by atoms with Gasteiger partial charge in [-0.05, 0) is 37.0 Å². The number of ether oxygens (including phenoxy) is 1. The minimum absolute atomic E-state index is 0.242. The molecule has 0 aliphatic heterocycles. The van der Waals surface area contributed by atoms with Crippen LogP contribution in [0.5, 0.6) is 0 Å². The number of nitrogens with one attached hydrogen (secondary N) is 2. The van der Waals surface area contributed by atoms with Gasteiger partial charge in [0.05, 0.1) is 7.11 Å². The van der Waals surface area contributed by atoms with Gasteiger partial charge in [-0.15, -0.1) is 0 Å². The smallest absolute Gasteiger partial charge is 0.327 e. The average Bonchev–Trinajstić information content (AvgIpc) is 2.69. The van der Waals surface area contributed by atoms with Crippen LogP contribution in [-0.2, 0) is 9.53 Å². The van der Waals surface area contributed by atoms with Gasteiger partial charge in [-0.1, -0.05) is 48.5 Å². The summed E-state index contributed by atoms with van der Waals surface area (Å²) in [6.45, 7) is 0.987. The highest BCUT2D eigenvalue weighted by molar-refractivity contribution is 7.80. The first-order valence-corrected chi connectivity index (χ1v) is 8.91. The molecule has 1 atom stereocenters. The molecule has 142 valence electrons. The number of nitrogens with zero attached hydrogens (tertiary/aromatic N) is 1. The van der Waals surface area contributed by atoms with Crippen LogP contribution in [0.3, 0.4) is 0 Å². The van der Waals surface area contributed by atoms with Gasteiger partial charge in [0.25, 0.3) is 5.91 Å². The van der Waals surface area contributed by atoms with Crippen LogP contribution in [0.15, 0.2) is 60.7 Å².